The molecule has 0 aliphatic rings. The van der Waals surface area contributed by atoms with E-state index in [1.807, 2.05) is 46.4 Å². The van der Waals surface area contributed by atoms with E-state index < -0.39 is 5.60 Å². The van der Waals surface area contributed by atoms with Gasteiger partial charge in [0.25, 0.3) is 0 Å². The van der Waals surface area contributed by atoms with Crippen LogP contribution >= 0.6 is 11.8 Å². The van der Waals surface area contributed by atoms with Crippen molar-refractivity contribution >= 4 is 23.8 Å². The van der Waals surface area contributed by atoms with Gasteiger partial charge in [0, 0.05) is 32.7 Å². The highest BCUT2D eigenvalue weighted by Crippen LogP contribution is 2.09. The molecule has 0 fully saturated rings. The topological polar surface area (TPSA) is 66.0 Å². The number of carbonyl (C=O) groups excluding carboxylic acids is 1. The summed E-state index contributed by atoms with van der Waals surface area (Å²) in [6.45, 7) is 13.1. The monoisotopic (exact) mass is 360 g/mol. The number of ether oxygens (including phenoxy) is 1. The Bertz CT molecular complexity index is 370. The van der Waals surface area contributed by atoms with Crippen LogP contribution < -0.4 is 10.6 Å². The standard InChI is InChI=1S/C17H36N4O2S/c1-7-18-15(19-11-9-10-14-24-6)20-12-13-21(8-2)16(22)23-17(3,4)5/h7-14H2,1-6H3,(H2,18,19,20). The summed E-state index contributed by atoms with van der Waals surface area (Å²) in [6.07, 6.45) is 4.13. The molecule has 7 heteroatoms. The van der Waals surface area contributed by atoms with Crippen LogP contribution in [0.25, 0.3) is 0 Å². The molecule has 0 saturated carbocycles. The van der Waals surface area contributed by atoms with E-state index in [1.165, 1.54) is 12.2 Å². The Kier molecular flexibility index (Phi) is 12.6. The third-order valence-corrected chi connectivity index (χ3v) is 3.78. The minimum absolute atomic E-state index is 0.272. The second-order valence-corrected chi connectivity index (χ2v) is 7.43. The molecule has 1 amide bonds. The summed E-state index contributed by atoms with van der Waals surface area (Å²) < 4.78 is 5.41. The maximum Gasteiger partial charge on any atom is 0.410 e. The van der Waals surface area contributed by atoms with E-state index in [2.05, 4.69) is 21.9 Å². The molecular weight excluding hydrogens is 324 g/mol. The average molecular weight is 361 g/mol. The summed E-state index contributed by atoms with van der Waals surface area (Å²) in [5.41, 5.74) is -0.467. The second kappa shape index (κ2) is 13.2. The van der Waals surface area contributed by atoms with Crippen LogP contribution in [0.15, 0.2) is 4.99 Å². The summed E-state index contributed by atoms with van der Waals surface area (Å²) in [5, 5.41) is 6.51. The van der Waals surface area contributed by atoms with Crippen molar-refractivity contribution in [1.29, 1.82) is 0 Å². The smallest absolute Gasteiger partial charge is 0.410 e. The highest BCUT2D eigenvalue weighted by molar-refractivity contribution is 7.98. The molecule has 6 nitrogen and oxygen atoms in total. The van der Waals surface area contributed by atoms with Gasteiger partial charge in [0.15, 0.2) is 5.96 Å². The zero-order valence-electron chi connectivity index (χ0n) is 16.3. The first-order chi connectivity index (χ1) is 11.3. The molecule has 0 saturated heterocycles. The lowest BCUT2D eigenvalue weighted by Gasteiger charge is -2.26. The number of thioether (sulfide) groups is 1. The van der Waals surface area contributed by atoms with Crippen molar-refractivity contribution in [1.82, 2.24) is 15.5 Å². The number of unbranched alkanes of at least 4 members (excludes halogenated alkanes) is 1. The van der Waals surface area contributed by atoms with Crippen molar-refractivity contribution < 1.29 is 9.53 Å². The van der Waals surface area contributed by atoms with E-state index in [0.717, 1.165) is 25.5 Å². The average Bonchev–Trinajstić information content (AvgIpc) is 2.49. The molecule has 0 aromatic carbocycles. The van der Waals surface area contributed by atoms with Crippen LogP contribution in [-0.2, 0) is 4.74 Å². The Balaban J connectivity index is 4.27. The summed E-state index contributed by atoms with van der Waals surface area (Å²) in [5.74, 6) is 1.99. The van der Waals surface area contributed by atoms with Gasteiger partial charge in [-0.15, -0.1) is 0 Å². The first-order valence-corrected chi connectivity index (χ1v) is 10.2. The van der Waals surface area contributed by atoms with Crippen LogP contribution in [0.3, 0.4) is 0 Å². The van der Waals surface area contributed by atoms with Gasteiger partial charge in [-0.3, -0.25) is 4.99 Å². The van der Waals surface area contributed by atoms with Gasteiger partial charge in [-0.2, -0.15) is 11.8 Å². The number of nitrogens with one attached hydrogen (secondary N) is 2. The predicted octanol–water partition coefficient (Wildman–Crippen LogP) is 2.94. The molecule has 0 rings (SSSR count). The van der Waals surface area contributed by atoms with Gasteiger partial charge < -0.3 is 20.3 Å². The molecule has 0 aromatic rings. The zero-order valence-corrected chi connectivity index (χ0v) is 17.1. The summed E-state index contributed by atoms with van der Waals surface area (Å²) in [4.78, 5) is 18.3. The van der Waals surface area contributed by atoms with Gasteiger partial charge in [-0.25, -0.2) is 4.79 Å². The quantitative estimate of drug-likeness (QED) is 0.356. The molecule has 0 radical (unpaired) electrons. The van der Waals surface area contributed by atoms with Crippen molar-refractivity contribution in [3.63, 3.8) is 0 Å². The molecule has 0 heterocycles. The Labute approximate surface area is 152 Å². The Morgan fingerprint density at radius 3 is 2.46 bits per heavy atom. The highest BCUT2D eigenvalue weighted by atomic mass is 32.2. The molecule has 24 heavy (non-hydrogen) atoms. The van der Waals surface area contributed by atoms with Gasteiger partial charge in [-0.1, -0.05) is 0 Å². The molecule has 2 N–H and O–H groups in total. The van der Waals surface area contributed by atoms with Crippen LogP contribution in [0.2, 0.25) is 0 Å². The van der Waals surface area contributed by atoms with Crippen LogP contribution in [0.1, 0.15) is 47.5 Å². The first kappa shape index (κ1) is 22.9. The molecule has 0 bridgehead atoms. The molecule has 0 unspecified atom stereocenters. The van der Waals surface area contributed by atoms with Crippen molar-refractivity contribution in [2.75, 3.05) is 44.7 Å². The number of rotatable bonds is 10. The van der Waals surface area contributed by atoms with E-state index in [0.29, 0.717) is 19.6 Å². The predicted molar refractivity (Wildman–Crippen MR) is 105 cm³/mol. The fourth-order valence-corrected chi connectivity index (χ4v) is 2.40. The van der Waals surface area contributed by atoms with E-state index >= 15 is 0 Å². The third kappa shape index (κ3) is 12.3. The lowest BCUT2D eigenvalue weighted by Crippen LogP contribution is -2.44. The highest BCUT2D eigenvalue weighted by Gasteiger charge is 2.20. The largest absolute Gasteiger partial charge is 0.444 e. The van der Waals surface area contributed by atoms with Crippen LogP contribution in [0.4, 0.5) is 4.79 Å². The van der Waals surface area contributed by atoms with Crippen molar-refractivity contribution in [2.45, 2.75) is 53.1 Å². The molecular formula is C17H36N4O2S. The first-order valence-electron chi connectivity index (χ1n) is 8.83. The number of hydrogen-bond acceptors (Lipinski definition) is 4. The second-order valence-electron chi connectivity index (χ2n) is 6.45. The number of likely N-dealkylation sites (N-methyl/N-ethyl adjacent to an activating group) is 1. The van der Waals surface area contributed by atoms with Crippen molar-refractivity contribution in [3.05, 3.63) is 0 Å². The van der Waals surface area contributed by atoms with Gasteiger partial charge in [0.1, 0.15) is 5.60 Å². The summed E-state index contributed by atoms with van der Waals surface area (Å²) >= 11 is 1.87. The minimum atomic E-state index is -0.467. The van der Waals surface area contributed by atoms with Crippen LogP contribution in [-0.4, -0.2) is 67.3 Å². The summed E-state index contributed by atoms with van der Waals surface area (Å²) in [6, 6.07) is 0. The molecule has 0 aliphatic heterocycles. The van der Waals surface area contributed by atoms with Crippen LogP contribution in [0.5, 0.6) is 0 Å². The Morgan fingerprint density at radius 2 is 1.92 bits per heavy atom. The molecule has 0 atom stereocenters. The molecule has 0 aliphatic carbocycles. The van der Waals surface area contributed by atoms with E-state index in [1.54, 1.807) is 4.90 Å². The van der Waals surface area contributed by atoms with Gasteiger partial charge in [0.2, 0.25) is 0 Å². The fraction of sp³-hybridized carbons (Fsp3) is 0.882. The number of nitrogens with zero attached hydrogens (tertiary/aromatic N) is 2. The lowest BCUT2D eigenvalue weighted by atomic mass is 10.2. The van der Waals surface area contributed by atoms with Crippen molar-refractivity contribution in [3.8, 4) is 0 Å². The van der Waals surface area contributed by atoms with Crippen LogP contribution in [0, 0.1) is 0 Å². The summed E-state index contributed by atoms with van der Waals surface area (Å²) in [7, 11) is 0. The van der Waals surface area contributed by atoms with Gasteiger partial charge >= 0.3 is 6.09 Å². The fourth-order valence-electron chi connectivity index (χ4n) is 1.91. The van der Waals surface area contributed by atoms with E-state index in [-0.39, 0.29) is 6.09 Å². The lowest BCUT2D eigenvalue weighted by molar-refractivity contribution is 0.0264. The van der Waals surface area contributed by atoms with Gasteiger partial charge in [0.05, 0.1) is 0 Å². The maximum absolute atomic E-state index is 12.1. The molecule has 0 aromatic heterocycles. The number of amides is 1. The SMILES string of the molecule is CCNC(=NCCCCSC)NCCN(CC)C(=O)OC(C)(C)C. The van der Waals surface area contributed by atoms with Gasteiger partial charge in [-0.05, 0) is 59.5 Å². The van der Waals surface area contributed by atoms with Crippen molar-refractivity contribution in [2.24, 2.45) is 4.99 Å². The number of hydrogen-bond donors (Lipinski definition) is 2. The number of guanidine groups is 1. The minimum Gasteiger partial charge on any atom is -0.444 e. The molecule has 142 valence electrons. The Hall–Kier alpha value is -1.11. The Morgan fingerprint density at radius 1 is 1.21 bits per heavy atom. The zero-order chi connectivity index (χ0) is 18.4. The third-order valence-electron chi connectivity index (χ3n) is 3.08. The van der Waals surface area contributed by atoms with E-state index in [9.17, 15) is 4.79 Å². The number of aliphatic imine (C=N–C) groups is 1. The maximum atomic E-state index is 12.1. The van der Waals surface area contributed by atoms with E-state index in [4.69, 9.17) is 4.74 Å². The number of carbonyl (C=O) groups is 1. The normalized spacial score (nSPS) is 12.0. The molecule has 0 spiro atoms.